The van der Waals surface area contributed by atoms with E-state index in [0.717, 1.165) is 27.5 Å². The molecule has 2 heterocycles. The van der Waals surface area contributed by atoms with Crippen LogP contribution in [0.3, 0.4) is 0 Å². The summed E-state index contributed by atoms with van der Waals surface area (Å²) in [4.78, 5) is 0. The highest BCUT2D eigenvalue weighted by atomic mass is 79.9. The molecule has 1 unspecified atom stereocenters. The Hall–Kier alpha value is -2.04. The van der Waals surface area contributed by atoms with Crippen molar-refractivity contribution >= 4 is 37.9 Å². The van der Waals surface area contributed by atoms with Crippen molar-refractivity contribution in [2.75, 3.05) is 0 Å². The summed E-state index contributed by atoms with van der Waals surface area (Å²) in [6, 6.07) is 15.4. The first kappa shape index (κ1) is 12.7. The number of furan rings is 2. The molecule has 4 aromatic rings. The Kier molecular flexibility index (Phi) is 2.87. The van der Waals surface area contributed by atoms with Gasteiger partial charge in [0.05, 0.1) is 6.26 Å². The number of hydrogen-bond donors (Lipinski definition) is 1. The third-order valence-corrected chi connectivity index (χ3v) is 4.30. The summed E-state index contributed by atoms with van der Waals surface area (Å²) < 4.78 is 11.5. The molecule has 0 aliphatic carbocycles. The van der Waals surface area contributed by atoms with Crippen LogP contribution >= 0.6 is 15.9 Å². The van der Waals surface area contributed by atoms with Crippen LogP contribution in [0.1, 0.15) is 17.2 Å². The van der Waals surface area contributed by atoms with Gasteiger partial charge in [-0.15, -0.1) is 0 Å². The maximum atomic E-state index is 10.5. The number of aliphatic hydroxyl groups excluding tert-OH is 1. The van der Waals surface area contributed by atoms with Crippen molar-refractivity contribution in [1.29, 1.82) is 0 Å². The van der Waals surface area contributed by atoms with E-state index in [0.29, 0.717) is 10.2 Å². The molecule has 21 heavy (non-hydrogen) atoms. The highest BCUT2D eigenvalue weighted by Crippen LogP contribution is 2.34. The lowest BCUT2D eigenvalue weighted by Gasteiger charge is -2.09. The Morgan fingerprint density at radius 2 is 1.76 bits per heavy atom. The van der Waals surface area contributed by atoms with Crippen LogP contribution in [0.25, 0.3) is 21.9 Å². The molecular weight excluding hydrogens is 332 g/mol. The average Bonchev–Trinajstić information content (AvgIpc) is 3.09. The van der Waals surface area contributed by atoms with Crippen molar-refractivity contribution in [2.45, 2.75) is 6.10 Å². The summed E-state index contributed by atoms with van der Waals surface area (Å²) in [5.41, 5.74) is 3.18. The molecule has 0 aliphatic heterocycles. The third kappa shape index (κ3) is 1.99. The van der Waals surface area contributed by atoms with Crippen LogP contribution in [0.5, 0.6) is 0 Å². The lowest BCUT2D eigenvalue weighted by molar-refractivity contribution is 0.218. The zero-order valence-electron chi connectivity index (χ0n) is 10.9. The Labute approximate surface area is 128 Å². The first-order valence-electron chi connectivity index (χ1n) is 6.56. The third-order valence-electron chi connectivity index (χ3n) is 3.66. The molecule has 3 nitrogen and oxygen atoms in total. The van der Waals surface area contributed by atoms with E-state index < -0.39 is 6.10 Å². The lowest BCUT2D eigenvalue weighted by Crippen LogP contribution is -1.98. The minimum atomic E-state index is -0.740. The second-order valence-corrected chi connectivity index (χ2v) is 5.63. The van der Waals surface area contributed by atoms with Crippen molar-refractivity contribution in [2.24, 2.45) is 0 Å². The second kappa shape index (κ2) is 4.76. The first-order chi connectivity index (χ1) is 10.2. The van der Waals surface area contributed by atoms with Gasteiger partial charge in [-0.25, -0.2) is 0 Å². The van der Waals surface area contributed by atoms with Gasteiger partial charge in [0.2, 0.25) is 0 Å². The number of fused-ring (bicyclic) bond motifs is 3. The van der Waals surface area contributed by atoms with Gasteiger partial charge < -0.3 is 13.9 Å². The number of aliphatic hydroxyl groups is 1. The topological polar surface area (TPSA) is 46.5 Å². The second-order valence-electron chi connectivity index (χ2n) is 4.91. The van der Waals surface area contributed by atoms with E-state index in [1.807, 2.05) is 42.5 Å². The van der Waals surface area contributed by atoms with E-state index in [2.05, 4.69) is 15.9 Å². The van der Waals surface area contributed by atoms with Gasteiger partial charge in [-0.1, -0.05) is 24.3 Å². The first-order valence-corrected chi connectivity index (χ1v) is 7.35. The van der Waals surface area contributed by atoms with E-state index in [1.54, 1.807) is 12.3 Å². The molecule has 1 atom stereocenters. The normalized spacial score (nSPS) is 13.0. The summed E-state index contributed by atoms with van der Waals surface area (Å²) in [5, 5.41) is 12.6. The minimum absolute atomic E-state index is 0.548. The molecule has 4 heteroatoms. The zero-order chi connectivity index (χ0) is 14.4. The van der Waals surface area contributed by atoms with Gasteiger partial charge in [-0.3, -0.25) is 0 Å². The molecule has 0 radical (unpaired) electrons. The van der Waals surface area contributed by atoms with Crippen molar-refractivity contribution in [1.82, 2.24) is 0 Å². The average molecular weight is 343 g/mol. The maximum Gasteiger partial charge on any atom is 0.175 e. The summed E-state index contributed by atoms with van der Waals surface area (Å²) in [6.45, 7) is 0. The van der Waals surface area contributed by atoms with Gasteiger partial charge in [0.1, 0.15) is 17.3 Å². The van der Waals surface area contributed by atoms with E-state index >= 15 is 0 Å². The fraction of sp³-hybridized carbons (Fsp3) is 0.0588. The molecule has 0 amide bonds. The molecular formula is C17H11BrO3. The molecule has 1 N–H and O–H groups in total. The SMILES string of the molecule is OC(c1ccc2oc3ccccc3c2c1)c1ccoc1Br. The van der Waals surface area contributed by atoms with E-state index in [-0.39, 0.29) is 0 Å². The summed E-state index contributed by atoms with van der Waals surface area (Å²) >= 11 is 3.30. The molecule has 104 valence electrons. The fourth-order valence-electron chi connectivity index (χ4n) is 2.59. The van der Waals surface area contributed by atoms with Crippen molar-refractivity contribution in [3.8, 4) is 0 Å². The molecule has 0 aliphatic rings. The fourth-order valence-corrected chi connectivity index (χ4v) is 3.05. The largest absolute Gasteiger partial charge is 0.457 e. The molecule has 0 saturated heterocycles. The standard InChI is InChI=1S/C17H11BrO3/c18-17-12(7-8-20-17)16(19)10-5-6-15-13(9-10)11-3-1-2-4-14(11)21-15/h1-9,16,19H. The summed E-state index contributed by atoms with van der Waals surface area (Å²) in [5.74, 6) is 0. The van der Waals surface area contributed by atoms with Crippen LogP contribution in [0, 0.1) is 0 Å². The quantitative estimate of drug-likeness (QED) is 0.556. The Bertz CT molecular complexity index is 935. The maximum absolute atomic E-state index is 10.5. The predicted molar refractivity (Wildman–Crippen MR) is 84.2 cm³/mol. The van der Waals surface area contributed by atoms with Gasteiger partial charge in [0, 0.05) is 16.3 Å². The van der Waals surface area contributed by atoms with Gasteiger partial charge in [0.15, 0.2) is 4.67 Å². The van der Waals surface area contributed by atoms with Gasteiger partial charge in [-0.05, 0) is 45.8 Å². The van der Waals surface area contributed by atoms with Crippen LogP contribution in [0.2, 0.25) is 0 Å². The lowest BCUT2D eigenvalue weighted by atomic mass is 10.0. The predicted octanol–water partition coefficient (Wildman–Crippen LogP) is 5.02. The van der Waals surface area contributed by atoms with Crippen LogP contribution in [-0.2, 0) is 0 Å². The smallest absolute Gasteiger partial charge is 0.175 e. The molecule has 0 bridgehead atoms. The summed E-state index contributed by atoms with van der Waals surface area (Å²) in [7, 11) is 0. The van der Waals surface area contributed by atoms with Crippen LogP contribution in [0.4, 0.5) is 0 Å². The minimum Gasteiger partial charge on any atom is -0.457 e. The Morgan fingerprint density at radius 1 is 0.952 bits per heavy atom. The Balaban J connectivity index is 1.90. The molecule has 2 aromatic heterocycles. The van der Waals surface area contributed by atoms with Gasteiger partial charge in [-0.2, -0.15) is 0 Å². The number of rotatable bonds is 2. The zero-order valence-corrected chi connectivity index (χ0v) is 12.5. The molecule has 0 fully saturated rings. The van der Waals surface area contributed by atoms with Crippen LogP contribution in [-0.4, -0.2) is 5.11 Å². The molecule has 0 saturated carbocycles. The van der Waals surface area contributed by atoms with E-state index in [9.17, 15) is 5.11 Å². The van der Waals surface area contributed by atoms with E-state index in [1.165, 1.54) is 0 Å². The van der Waals surface area contributed by atoms with E-state index in [4.69, 9.17) is 8.83 Å². The van der Waals surface area contributed by atoms with Gasteiger partial charge >= 0.3 is 0 Å². The van der Waals surface area contributed by atoms with Crippen molar-refractivity contribution in [3.63, 3.8) is 0 Å². The Morgan fingerprint density at radius 3 is 2.57 bits per heavy atom. The van der Waals surface area contributed by atoms with Crippen molar-refractivity contribution in [3.05, 3.63) is 70.6 Å². The highest BCUT2D eigenvalue weighted by molar-refractivity contribution is 9.10. The molecule has 0 spiro atoms. The van der Waals surface area contributed by atoms with Crippen LogP contribution < -0.4 is 0 Å². The molecule has 4 rings (SSSR count). The number of para-hydroxylation sites is 1. The van der Waals surface area contributed by atoms with Crippen LogP contribution in [0.15, 0.2) is 68.3 Å². The number of halogens is 1. The van der Waals surface area contributed by atoms with Gasteiger partial charge in [0.25, 0.3) is 0 Å². The number of hydrogen-bond acceptors (Lipinski definition) is 3. The highest BCUT2D eigenvalue weighted by Gasteiger charge is 2.17. The summed E-state index contributed by atoms with van der Waals surface area (Å²) in [6.07, 6.45) is 0.810. The number of benzene rings is 2. The van der Waals surface area contributed by atoms with Crippen molar-refractivity contribution < 1.29 is 13.9 Å². The molecule has 2 aromatic carbocycles. The monoisotopic (exact) mass is 342 g/mol.